The molecule has 0 aliphatic carbocycles. The Morgan fingerprint density at radius 2 is 1.76 bits per heavy atom. The molecule has 0 bridgehead atoms. The van der Waals surface area contributed by atoms with E-state index in [0.29, 0.717) is 49.2 Å². The molecule has 0 spiro atoms. The van der Waals surface area contributed by atoms with Crippen molar-refractivity contribution in [2.75, 3.05) is 44.8 Å². The minimum atomic E-state index is -0.568. The first-order valence-electron chi connectivity index (χ1n) is 10.9. The summed E-state index contributed by atoms with van der Waals surface area (Å²) in [7, 11) is 1.64. The second-order valence-corrected chi connectivity index (χ2v) is 7.66. The van der Waals surface area contributed by atoms with Gasteiger partial charge in [-0.25, -0.2) is 4.79 Å². The summed E-state index contributed by atoms with van der Waals surface area (Å²) in [6.07, 6.45) is 0. The van der Waals surface area contributed by atoms with Crippen molar-refractivity contribution in [3.63, 3.8) is 0 Å². The van der Waals surface area contributed by atoms with Crippen molar-refractivity contribution in [3.05, 3.63) is 65.8 Å². The topological polar surface area (TPSA) is 107 Å². The van der Waals surface area contributed by atoms with Crippen LogP contribution in [0.3, 0.4) is 0 Å². The fourth-order valence-corrected chi connectivity index (χ4v) is 3.62. The van der Waals surface area contributed by atoms with Gasteiger partial charge < -0.3 is 28.5 Å². The van der Waals surface area contributed by atoms with Crippen LogP contribution in [-0.2, 0) is 16.1 Å². The molecule has 4 rings (SSSR count). The molecular formula is C24H26N4O6. The number of ether oxygens (including phenoxy) is 3. The van der Waals surface area contributed by atoms with Crippen LogP contribution in [0.5, 0.6) is 11.5 Å². The zero-order chi connectivity index (χ0) is 23.9. The first-order chi connectivity index (χ1) is 16.5. The fourth-order valence-electron chi connectivity index (χ4n) is 3.62. The molecule has 1 aliphatic rings. The minimum Gasteiger partial charge on any atom is -0.495 e. The third kappa shape index (κ3) is 5.64. The average Bonchev–Trinajstić information content (AvgIpc) is 3.31. The summed E-state index contributed by atoms with van der Waals surface area (Å²) in [5, 5.41) is 3.75. The van der Waals surface area contributed by atoms with Gasteiger partial charge in [0.1, 0.15) is 11.5 Å². The van der Waals surface area contributed by atoms with E-state index in [1.165, 1.54) is 0 Å². The van der Waals surface area contributed by atoms with Crippen LogP contribution < -0.4 is 14.4 Å². The molecule has 0 radical (unpaired) electrons. The molecule has 2 aromatic carbocycles. The van der Waals surface area contributed by atoms with Gasteiger partial charge in [-0.05, 0) is 36.4 Å². The van der Waals surface area contributed by atoms with E-state index in [0.717, 1.165) is 11.4 Å². The maximum Gasteiger partial charge on any atom is 0.338 e. The Balaban J connectivity index is 1.22. The average molecular weight is 466 g/mol. The molecule has 0 atom stereocenters. The summed E-state index contributed by atoms with van der Waals surface area (Å²) < 4.78 is 21.1. The van der Waals surface area contributed by atoms with E-state index < -0.39 is 5.97 Å². The largest absolute Gasteiger partial charge is 0.495 e. The molecule has 178 valence electrons. The fraction of sp³-hybridized carbons (Fsp3) is 0.333. The summed E-state index contributed by atoms with van der Waals surface area (Å²) in [6.45, 7) is 3.98. The number of carbonyl (C=O) groups is 2. The molecule has 0 unspecified atom stereocenters. The first kappa shape index (κ1) is 23.1. The Morgan fingerprint density at radius 1 is 1.03 bits per heavy atom. The zero-order valence-electron chi connectivity index (χ0n) is 19.1. The smallest absolute Gasteiger partial charge is 0.338 e. The summed E-state index contributed by atoms with van der Waals surface area (Å²) in [5.74, 6) is 1.46. The molecule has 1 saturated heterocycles. The van der Waals surface area contributed by atoms with Gasteiger partial charge in [0, 0.05) is 33.1 Å². The number of hydrogen-bond donors (Lipinski definition) is 0. The number of benzene rings is 2. The first-order valence-corrected chi connectivity index (χ1v) is 10.9. The molecule has 1 amide bonds. The standard InChI is InChI=1S/C24H26N4O6/c1-17-25-22(26-34-17)15-32-19-9-7-18(8-10-19)24(30)33-16-23(29)28-13-11-27(12-14-28)20-5-3-4-6-21(20)31-2/h3-10H,11-16H2,1-2H3. The van der Waals surface area contributed by atoms with Crippen LogP contribution in [0.25, 0.3) is 0 Å². The lowest BCUT2D eigenvalue weighted by molar-refractivity contribution is -0.134. The lowest BCUT2D eigenvalue weighted by atomic mass is 10.2. The quantitative estimate of drug-likeness (QED) is 0.463. The number of para-hydroxylation sites is 2. The van der Waals surface area contributed by atoms with Crippen molar-refractivity contribution in [1.29, 1.82) is 0 Å². The number of aromatic nitrogens is 2. The highest BCUT2D eigenvalue weighted by atomic mass is 16.5. The summed E-state index contributed by atoms with van der Waals surface area (Å²) >= 11 is 0. The van der Waals surface area contributed by atoms with Crippen molar-refractivity contribution in [1.82, 2.24) is 15.0 Å². The number of methoxy groups -OCH3 is 1. The van der Waals surface area contributed by atoms with E-state index in [2.05, 4.69) is 15.0 Å². The highest BCUT2D eigenvalue weighted by Crippen LogP contribution is 2.28. The van der Waals surface area contributed by atoms with Gasteiger partial charge in [-0.1, -0.05) is 17.3 Å². The van der Waals surface area contributed by atoms with Crippen LogP contribution in [0, 0.1) is 6.92 Å². The summed E-state index contributed by atoms with van der Waals surface area (Å²) in [5.41, 5.74) is 1.33. The highest BCUT2D eigenvalue weighted by Gasteiger charge is 2.23. The van der Waals surface area contributed by atoms with Crippen LogP contribution in [0.1, 0.15) is 22.1 Å². The van der Waals surface area contributed by atoms with E-state index in [1.807, 2.05) is 24.3 Å². The SMILES string of the molecule is COc1ccccc1N1CCN(C(=O)COC(=O)c2ccc(OCc3noc(C)n3)cc2)CC1. The predicted molar refractivity (Wildman–Crippen MR) is 122 cm³/mol. The van der Waals surface area contributed by atoms with Gasteiger partial charge in [-0.3, -0.25) is 4.79 Å². The van der Waals surface area contributed by atoms with E-state index in [4.69, 9.17) is 18.7 Å². The van der Waals surface area contributed by atoms with Crippen LogP contribution >= 0.6 is 0 Å². The molecule has 1 fully saturated rings. The van der Waals surface area contributed by atoms with Crippen molar-refractivity contribution in [2.24, 2.45) is 0 Å². The van der Waals surface area contributed by atoms with Crippen molar-refractivity contribution in [3.8, 4) is 11.5 Å². The molecule has 34 heavy (non-hydrogen) atoms. The van der Waals surface area contributed by atoms with Gasteiger partial charge in [0.25, 0.3) is 5.91 Å². The second-order valence-electron chi connectivity index (χ2n) is 7.66. The van der Waals surface area contributed by atoms with Gasteiger partial charge in [-0.2, -0.15) is 4.98 Å². The molecule has 0 saturated carbocycles. The lowest BCUT2D eigenvalue weighted by Gasteiger charge is -2.36. The number of aryl methyl sites for hydroxylation is 1. The Bertz CT molecular complexity index is 1120. The number of piperazine rings is 1. The summed E-state index contributed by atoms with van der Waals surface area (Å²) in [4.78, 5) is 32.8. The Hall–Kier alpha value is -4.08. The summed E-state index contributed by atoms with van der Waals surface area (Å²) in [6, 6.07) is 14.2. The number of hydrogen-bond acceptors (Lipinski definition) is 9. The molecule has 1 aliphatic heterocycles. The number of amides is 1. The molecule has 10 heteroatoms. The van der Waals surface area contributed by atoms with Crippen LogP contribution in [0.4, 0.5) is 5.69 Å². The van der Waals surface area contributed by atoms with Gasteiger partial charge >= 0.3 is 5.97 Å². The molecule has 3 aromatic rings. The highest BCUT2D eigenvalue weighted by molar-refractivity contribution is 5.91. The Labute approximate surface area is 197 Å². The van der Waals surface area contributed by atoms with Gasteiger partial charge in [0.2, 0.25) is 11.7 Å². The van der Waals surface area contributed by atoms with Crippen molar-refractivity contribution < 1.29 is 28.3 Å². The third-order valence-corrected chi connectivity index (χ3v) is 5.41. The Morgan fingerprint density at radius 3 is 2.44 bits per heavy atom. The molecule has 0 N–H and O–H groups in total. The minimum absolute atomic E-state index is 0.153. The number of rotatable bonds is 8. The van der Waals surface area contributed by atoms with Gasteiger partial charge in [-0.15, -0.1) is 0 Å². The van der Waals surface area contributed by atoms with Crippen LogP contribution in [-0.4, -0.2) is 66.8 Å². The van der Waals surface area contributed by atoms with E-state index in [-0.39, 0.29) is 19.1 Å². The van der Waals surface area contributed by atoms with Crippen molar-refractivity contribution in [2.45, 2.75) is 13.5 Å². The van der Waals surface area contributed by atoms with Crippen molar-refractivity contribution >= 4 is 17.6 Å². The third-order valence-electron chi connectivity index (χ3n) is 5.41. The number of anilines is 1. The number of carbonyl (C=O) groups excluding carboxylic acids is 2. The molecular weight excluding hydrogens is 440 g/mol. The predicted octanol–water partition coefficient (Wildman–Crippen LogP) is 2.47. The van der Waals surface area contributed by atoms with Gasteiger partial charge in [0.05, 0.1) is 18.4 Å². The van der Waals surface area contributed by atoms with E-state index >= 15 is 0 Å². The van der Waals surface area contributed by atoms with E-state index in [9.17, 15) is 9.59 Å². The second kappa shape index (κ2) is 10.7. The van der Waals surface area contributed by atoms with Crippen LogP contribution in [0.2, 0.25) is 0 Å². The molecule has 2 heterocycles. The van der Waals surface area contributed by atoms with E-state index in [1.54, 1.807) is 43.2 Å². The monoisotopic (exact) mass is 466 g/mol. The van der Waals surface area contributed by atoms with Gasteiger partial charge in [0.15, 0.2) is 13.2 Å². The molecule has 10 nitrogen and oxygen atoms in total. The maximum atomic E-state index is 12.5. The Kier molecular flexibility index (Phi) is 7.26. The van der Waals surface area contributed by atoms with Crippen LogP contribution in [0.15, 0.2) is 53.1 Å². The number of nitrogens with zero attached hydrogens (tertiary/aromatic N) is 4. The normalized spacial score (nSPS) is 13.5. The zero-order valence-corrected chi connectivity index (χ0v) is 19.1. The molecule has 1 aromatic heterocycles. The maximum absolute atomic E-state index is 12.5. The lowest BCUT2D eigenvalue weighted by Crippen LogP contribution is -2.50. The number of esters is 1.